The number of amides is 2. The largest absolute Gasteiger partial charge is 0.493 e. The second-order valence-corrected chi connectivity index (χ2v) is 6.99. The molecular formula is C22H26N2O4. The fraction of sp³-hybridized carbons (Fsp3) is 0.364. The molecule has 2 aromatic carbocycles. The van der Waals surface area contributed by atoms with E-state index in [4.69, 9.17) is 9.84 Å². The Morgan fingerprint density at radius 1 is 1.04 bits per heavy atom. The van der Waals surface area contributed by atoms with Crippen LogP contribution >= 0.6 is 0 Å². The molecule has 0 spiro atoms. The Labute approximate surface area is 165 Å². The van der Waals surface area contributed by atoms with Crippen LogP contribution in [0.1, 0.15) is 30.1 Å². The van der Waals surface area contributed by atoms with Gasteiger partial charge in [0.2, 0.25) is 0 Å². The van der Waals surface area contributed by atoms with E-state index in [0.717, 1.165) is 29.7 Å². The van der Waals surface area contributed by atoms with Gasteiger partial charge in [0.15, 0.2) is 0 Å². The van der Waals surface area contributed by atoms with E-state index in [0.29, 0.717) is 37.7 Å². The average Bonchev–Trinajstić information content (AvgIpc) is 2.73. The average molecular weight is 382 g/mol. The molecule has 148 valence electrons. The Hall–Kier alpha value is -3.02. The quantitative estimate of drug-likeness (QED) is 0.795. The van der Waals surface area contributed by atoms with Crippen LogP contribution in [-0.4, -0.2) is 48.2 Å². The van der Waals surface area contributed by atoms with E-state index in [1.807, 2.05) is 55.5 Å². The van der Waals surface area contributed by atoms with Crippen LogP contribution in [0, 0.1) is 5.92 Å². The molecule has 2 aromatic rings. The number of carboxylic acid groups (broad SMARTS) is 1. The summed E-state index contributed by atoms with van der Waals surface area (Å²) in [6.45, 7) is 4.27. The van der Waals surface area contributed by atoms with Crippen molar-refractivity contribution in [3.05, 3.63) is 54.1 Å². The minimum atomic E-state index is -0.839. The van der Waals surface area contributed by atoms with Crippen molar-refractivity contribution in [1.82, 2.24) is 10.2 Å². The first kappa shape index (κ1) is 19.7. The fourth-order valence-electron chi connectivity index (χ4n) is 3.33. The number of hydrogen-bond donors (Lipinski definition) is 2. The maximum absolute atomic E-state index is 11.8. The molecule has 1 heterocycles. The summed E-state index contributed by atoms with van der Waals surface area (Å²) in [5.74, 6) is 1.13. The molecule has 3 rings (SSSR count). The van der Waals surface area contributed by atoms with Gasteiger partial charge in [-0.15, -0.1) is 0 Å². The second-order valence-electron chi connectivity index (χ2n) is 6.99. The van der Waals surface area contributed by atoms with Crippen molar-refractivity contribution in [2.24, 2.45) is 5.92 Å². The summed E-state index contributed by atoms with van der Waals surface area (Å²) < 4.78 is 5.89. The van der Waals surface area contributed by atoms with Gasteiger partial charge in [-0.25, -0.2) is 4.79 Å². The molecule has 1 aliphatic rings. The lowest BCUT2D eigenvalue weighted by Crippen LogP contribution is -2.38. The highest BCUT2D eigenvalue weighted by Crippen LogP contribution is 2.24. The van der Waals surface area contributed by atoms with Crippen LogP contribution in [0.5, 0.6) is 5.75 Å². The maximum Gasteiger partial charge on any atom is 0.407 e. The number of hydrogen-bond acceptors (Lipinski definition) is 3. The highest BCUT2D eigenvalue weighted by atomic mass is 16.5. The van der Waals surface area contributed by atoms with Crippen molar-refractivity contribution in [2.45, 2.75) is 19.8 Å². The molecule has 0 radical (unpaired) electrons. The number of benzene rings is 2. The SMILES string of the molecule is CCNC(=O)c1ccc(-c2ccc(OCC3CCN(C(=O)O)CC3)cc2)cc1. The summed E-state index contributed by atoms with van der Waals surface area (Å²) in [5, 5.41) is 11.8. The van der Waals surface area contributed by atoms with Crippen molar-refractivity contribution in [1.29, 1.82) is 0 Å². The van der Waals surface area contributed by atoms with E-state index in [9.17, 15) is 9.59 Å². The van der Waals surface area contributed by atoms with Crippen LogP contribution < -0.4 is 10.1 Å². The zero-order valence-corrected chi connectivity index (χ0v) is 16.1. The van der Waals surface area contributed by atoms with Crippen molar-refractivity contribution >= 4 is 12.0 Å². The number of carbonyl (C=O) groups is 2. The third kappa shape index (κ3) is 5.03. The van der Waals surface area contributed by atoms with E-state index in [1.54, 1.807) is 0 Å². The number of carbonyl (C=O) groups excluding carboxylic acids is 1. The second kappa shape index (κ2) is 9.26. The Morgan fingerprint density at radius 3 is 2.14 bits per heavy atom. The van der Waals surface area contributed by atoms with Gasteiger partial charge in [-0.3, -0.25) is 4.79 Å². The van der Waals surface area contributed by atoms with Crippen LogP contribution in [0.2, 0.25) is 0 Å². The van der Waals surface area contributed by atoms with E-state index >= 15 is 0 Å². The van der Waals surface area contributed by atoms with Crippen molar-refractivity contribution < 1.29 is 19.4 Å². The van der Waals surface area contributed by atoms with Gasteiger partial charge in [0.05, 0.1) is 6.61 Å². The molecule has 2 amide bonds. The third-order valence-electron chi connectivity index (χ3n) is 5.04. The van der Waals surface area contributed by atoms with Crippen molar-refractivity contribution in [2.75, 3.05) is 26.2 Å². The topological polar surface area (TPSA) is 78.9 Å². The summed E-state index contributed by atoms with van der Waals surface area (Å²) in [4.78, 5) is 24.2. The molecule has 2 N–H and O–H groups in total. The molecule has 0 aliphatic carbocycles. The summed E-state index contributed by atoms with van der Waals surface area (Å²) in [6, 6.07) is 15.4. The monoisotopic (exact) mass is 382 g/mol. The Kier molecular flexibility index (Phi) is 6.53. The van der Waals surface area contributed by atoms with Crippen molar-refractivity contribution in [3.63, 3.8) is 0 Å². The zero-order chi connectivity index (χ0) is 19.9. The first-order valence-electron chi connectivity index (χ1n) is 9.66. The molecule has 0 bridgehead atoms. The molecule has 0 unspecified atom stereocenters. The van der Waals surface area contributed by atoms with Gasteiger partial charge in [0.25, 0.3) is 5.91 Å². The van der Waals surface area contributed by atoms with Crippen LogP contribution in [0.25, 0.3) is 11.1 Å². The number of ether oxygens (including phenoxy) is 1. The first-order valence-corrected chi connectivity index (χ1v) is 9.66. The van der Waals surface area contributed by atoms with E-state index < -0.39 is 6.09 Å². The Balaban J connectivity index is 1.52. The van der Waals surface area contributed by atoms with Gasteiger partial charge in [-0.05, 0) is 61.1 Å². The van der Waals surface area contributed by atoms with Crippen molar-refractivity contribution in [3.8, 4) is 16.9 Å². The molecule has 0 atom stereocenters. The molecule has 0 aromatic heterocycles. The molecule has 28 heavy (non-hydrogen) atoms. The molecule has 1 aliphatic heterocycles. The number of nitrogens with zero attached hydrogens (tertiary/aromatic N) is 1. The minimum absolute atomic E-state index is 0.0630. The lowest BCUT2D eigenvalue weighted by atomic mass is 9.98. The standard InChI is InChI=1S/C22H26N2O4/c1-2-23-21(25)19-5-3-17(4-6-19)18-7-9-20(10-8-18)28-15-16-11-13-24(14-12-16)22(26)27/h3-10,16H,2,11-15H2,1H3,(H,23,25)(H,26,27). The molecule has 6 heteroatoms. The number of likely N-dealkylation sites (tertiary alicyclic amines) is 1. The Morgan fingerprint density at radius 2 is 1.61 bits per heavy atom. The smallest absolute Gasteiger partial charge is 0.407 e. The van der Waals surface area contributed by atoms with Gasteiger partial charge in [0, 0.05) is 25.2 Å². The molecular weight excluding hydrogens is 356 g/mol. The summed E-state index contributed by atoms with van der Waals surface area (Å²) >= 11 is 0. The highest BCUT2D eigenvalue weighted by molar-refractivity contribution is 5.94. The normalized spacial score (nSPS) is 14.5. The minimum Gasteiger partial charge on any atom is -0.493 e. The van der Waals surface area contributed by atoms with Crippen LogP contribution in [0.4, 0.5) is 4.79 Å². The Bertz CT molecular complexity index is 794. The van der Waals surface area contributed by atoms with Crippen LogP contribution in [-0.2, 0) is 0 Å². The lowest BCUT2D eigenvalue weighted by molar-refractivity contribution is 0.0955. The van der Waals surface area contributed by atoms with Gasteiger partial charge in [0.1, 0.15) is 5.75 Å². The number of piperidine rings is 1. The first-order chi connectivity index (χ1) is 13.6. The van der Waals surface area contributed by atoms with Gasteiger partial charge >= 0.3 is 6.09 Å². The summed E-state index contributed by atoms with van der Waals surface area (Å²) in [6.07, 6.45) is 0.832. The summed E-state index contributed by atoms with van der Waals surface area (Å²) in [7, 11) is 0. The lowest BCUT2D eigenvalue weighted by Gasteiger charge is -2.29. The fourth-order valence-corrected chi connectivity index (χ4v) is 3.33. The zero-order valence-electron chi connectivity index (χ0n) is 16.1. The number of rotatable bonds is 6. The van der Waals surface area contributed by atoms with Gasteiger partial charge in [-0.1, -0.05) is 24.3 Å². The molecule has 0 saturated carbocycles. The molecule has 1 saturated heterocycles. The van der Waals surface area contributed by atoms with Gasteiger partial charge < -0.3 is 20.1 Å². The van der Waals surface area contributed by atoms with E-state index in [2.05, 4.69) is 5.32 Å². The van der Waals surface area contributed by atoms with Crippen LogP contribution in [0.3, 0.4) is 0 Å². The molecule has 1 fully saturated rings. The summed E-state index contributed by atoms with van der Waals surface area (Å²) in [5.41, 5.74) is 2.75. The van der Waals surface area contributed by atoms with E-state index in [-0.39, 0.29) is 5.91 Å². The predicted octanol–water partition coefficient (Wildman–Crippen LogP) is 3.87. The number of nitrogens with one attached hydrogen (secondary N) is 1. The van der Waals surface area contributed by atoms with Gasteiger partial charge in [-0.2, -0.15) is 0 Å². The maximum atomic E-state index is 11.8. The predicted molar refractivity (Wildman–Crippen MR) is 108 cm³/mol. The molecule has 6 nitrogen and oxygen atoms in total. The highest BCUT2D eigenvalue weighted by Gasteiger charge is 2.22. The third-order valence-corrected chi connectivity index (χ3v) is 5.04. The van der Waals surface area contributed by atoms with Crippen LogP contribution in [0.15, 0.2) is 48.5 Å². The van der Waals surface area contributed by atoms with E-state index in [1.165, 1.54) is 4.90 Å².